The number of benzene rings is 1. The quantitative estimate of drug-likeness (QED) is 0.710. The van der Waals surface area contributed by atoms with Crippen LogP contribution in [-0.2, 0) is 6.54 Å². The van der Waals surface area contributed by atoms with E-state index < -0.39 is 0 Å². The Morgan fingerprint density at radius 2 is 2.18 bits per heavy atom. The summed E-state index contributed by atoms with van der Waals surface area (Å²) >= 11 is 0. The predicted molar refractivity (Wildman–Crippen MR) is 83.2 cm³/mol. The third-order valence-corrected chi connectivity index (χ3v) is 3.24. The summed E-state index contributed by atoms with van der Waals surface area (Å²) in [5, 5.41) is 6.65. The van der Waals surface area contributed by atoms with Crippen molar-refractivity contribution in [2.75, 3.05) is 6.54 Å². The van der Waals surface area contributed by atoms with E-state index in [1.54, 1.807) is 18.6 Å². The number of nitrogens with one attached hydrogen (secondary N) is 1. The predicted octanol–water partition coefficient (Wildman–Crippen LogP) is 2.60. The largest absolute Gasteiger partial charge is 0.355 e. The van der Waals surface area contributed by atoms with Gasteiger partial charge in [-0.3, -0.25) is 4.79 Å². The minimum absolute atomic E-state index is 0. The monoisotopic (exact) mass is 298 g/mol. The van der Waals surface area contributed by atoms with Crippen molar-refractivity contribution in [1.29, 1.82) is 0 Å². The molecule has 1 N–H and O–H groups in total. The Morgan fingerprint density at radius 3 is 2.95 bits per heavy atom. The molecule has 2 aromatic heterocycles. The maximum absolute atomic E-state index is 12.0. The minimum Gasteiger partial charge on any atom is -0.355 e. The smallest absolute Gasteiger partial charge is 0.273 e. The first-order chi connectivity index (χ1) is 10.8. The third-order valence-electron chi connectivity index (χ3n) is 3.24. The Morgan fingerprint density at radius 1 is 1.32 bits per heavy atom. The zero-order valence-corrected chi connectivity index (χ0v) is 12.0. The van der Waals surface area contributed by atoms with E-state index >= 15 is 0 Å². The van der Waals surface area contributed by atoms with E-state index in [0.717, 1.165) is 18.5 Å². The van der Waals surface area contributed by atoms with E-state index in [0.29, 0.717) is 18.0 Å². The van der Waals surface area contributed by atoms with Crippen LogP contribution in [-0.4, -0.2) is 27.2 Å². The zero-order valence-electron chi connectivity index (χ0n) is 12.0. The van der Waals surface area contributed by atoms with Gasteiger partial charge < -0.3 is 14.4 Å². The van der Waals surface area contributed by atoms with Crippen molar-refractivity contribution in [3.8, 4) is 11.3 Å². The van der Waals surface area contributed by atoms with Crippen molar-refractivity contribution in [3.05, 3.63) is 60.8 Å². The number of aromatic nitrogens is 3. The van der Waals surface area contributed by atoms with Gasteiger partial charge in [-0.2, -0.15) is 0 Å². The lowest BCUT2D eigenvalue weighted by atomic mass is 10.1. The van der Waals surface area contributed by atoms with Gasteiger partial charge in [0.15, 0.2) is 11.5 Å². The highest BCUT2D eigenvalue weighted by Gasteiger charge is 2.12. The van der Waals surface area contributed by atoms with E-state index in [2.05, 4.69) is 15.5 Å². The first-order valence-corrected chi connectivity index (χ1v) is 7.09. The summed E-state index contributed by atoms with van der Waals surface area (Å²) in [6.07, 6.45) is 6.21. The van der Waals surface area contributed by atoms with Gasteiger partial charge in [-0.15, -0.1) is 0 Å². The highest BCUT2D eigenvalue weighted by molar-refractivity contribution is 5.93. The van der Waals surface area contributed by atoms with Gasteiger partial charge in [0.2, 0.25) is 0 Å². The summed E-state index contributed by atoms with van der Waals surface area (Å²) in [6.45, 7) is 1.39. The summed E-state index contributed by atoms with van der Waals surface area (Å²) in [4.78, 5) is 16.0. The molecular weight excluding hydrogens is 280 g/mol. The van der Waals surface area contributed by atoms with Gasteiger partial charge in [-0.05, 0) is 6.42 Å². The molecule has 22 heavy (non-hydrogen) atoms. The van der Waals surface area contributed by atoms with E-state index in [4.69, 9.17) is 4.52 Å². The Balaban J connectivity index is 0.00000192. The molecule has 1 amide bonds. The fourth-order valence-electron chi connectivity index (χ4n) is 2.09. The first kappa shape index (κ1) is 14.1. The Bertz CT molecular complexity index is 726. The number of nitrogens with zero attached hydrogens (tertiary/aromatic N) is 3. The van der Waals surface area contributed by atoms with Crippen LogP contribution in [0.5, 0.6) is 0 Å². The summed E-state index contributed by atoms with van der Waals surface area (Å²) in [5.41, 5.74) is 1.19. The molecule has 114 valence electrons. The zero-order chi connectivity index (χ0) is 15.2. The molecule has 0 aliphatic heterocycles. The van der Waals surface area contributed by atoms with Crippen LogP contribution in [0.15, 0.2) is 59.6 Å². The fraction of sp³-hybridized carbons (Fsp3) is 0.188. The number of carbonyl (C=O) groups is 1. The molecule has 0 aliphatic carbocycles. The van der Waals surface area contributed by atoms with Crippen molar-refractivity contribution in [3.63, 3.8) is 0 Å². The molecule has 0 radical (unpaired) electrons. The maximum Gasteiger partial charge on any atom is 0.273 e. The lowest BCUT2D eigenvalue weighted by Crippen LogP contribution is -2.25. The van der Waals surface area contributed by atoms with Crippen LogP contribution in [0.25, 0.3) is 11.3 Å². The molecule has 0 bridgehead atoms. The molecule has 6 heteroatoms. The molecule has 0 atom stereocenters. The standard InChI is InChI=1S/C16H16N4O2.H2/c21-16(18-7-4-9-20-10-8-17-12-20)14-11-15(22-19-14)13-5-2-1-3-6-13;/h1-3,5-6,8,10-12H,4,7,9H2,(H,18,21);1H. The normalized spacial score (nSPS) is 10.5. The molecule has 3 rings (SSSR count). The van der Waals surface area contributed by atoms with Crippen molar-refractivity contribution < 1.29 is 10.7 Å². The van der Waals surface area contributed by atoms with Crippen LogP contribution in [0.3, 0.4) is 0 Å². The number of carbonyl (C=O) groups excluding carboxylic acids is 1. The van der Waals surface area contributed by atoms with Crippen LogP contribution in [0.4, 0.5) is 0 Å². The van der Waals surface area contributed by atoms with Gasteiger partial charge in [0, 0.05) is 38.5 Å². The topological polar surface area (TPSA) is 73.0 Å². The molecule has 0 saturated carbocycles. The lowest BCUT2D eigenvalue weighted by Gasteiger charge is -2.03. The summed E-state index contributed by atoms with van der Waals surface area (Å²) < 4.78 is 7.18. The molecule has 1 aromatic carbocycles. The second-order valence-corrected chi connectivity index (χ2v) is 4.85. The lowest BCUT2D eigenvalue weighted by molar-refractivity contribution is 0.0944. The number of imidazole rings is 1. The maximum atomic E-state index is 12.0. The number of hydrogen-bond donors (Lipinski definition) is 1. The van der Waals surface area contributed by atoms with Crippen LogP contribution in [0, 0.1) is 0 Å². The minimum atomic E-state index is -0.225. The van der Waals surface area contributed by atoms with Gasteiger partial charge >= 0.3 is 0 Å². The molecule has 0 aliphatic rings. The van der Waals surface area contributed by atoms with Gasteiger partial charge in [0.05, 0.1) is 6.33 Å². The molecule has 0 unspecified atom stereocenters. The Hall–Kier alpha value is -2.89. The molecule has 2 heterocycles. The molecule has 0 spiro atoms. The summed E-state index contributed by atoms with van der Waals surface area (Å²) in [7, 11) is 0. The van der Waals surface area contributed by atoms with E-state index in [9.17, 15) is 4.79 Å². The molecule has 0 fully saturated rings. The molecule has 0 saturated heterocycles. The molecule has 6 nitrogen and oxygen atoms in total. The fourth-order valence-corrected chi connectivity index (χ4v) is 2.09. The van der Waals surface area contributed by atoms with Crippen LogP contribution in [0.1, 0.15) is 18.3 Å². The van der Waals surface area contributed by atoms with Gasteiger partial charge in [0.25, 0.3) is 5.91 Å². The number of hydrogen-bond acceptors (Lipinski definition) is 4. The van der Waals surface area contributed by atoms with Gasteiger partial charge in [0.1, 0.15) is 0 Å². The van der Waals surface area contributed by atoms with Gasteiger partial charge in [-0.25, -0.2) is 4.98 Å². The van der Waals surface area contributed by atoms with Crippen LogP contribution in [0.2, 0.25) is 0 Å². The Kier molecular flexibility index (Phi) is 4.29. The first-order valence-electron chi connectivity index (χ1n) is 7.09. The van der Waals surface area contributed by atoms with Crippen molar-refractivity contribution in [2.24, 2.45) is 0 Å². The average molecular weight is 298 g/mol. The van der Waals surface area contributed by atoms with Gasteiger partial charge in [-0.1, -0.05) is 35.5 Å². The SMILES string of the molecule is O=C(NCCCn1ccnc1)c1cc(-c2ccccc2)on1.[HH]. The number of amides is 1. The number of rotatable bonds is 6. The van der Waals surface area contributed by atoms with Crippen molar-refractivity contribution >= 4 is 5.91 Å². The van der Waals surface area contributed by atoms with E-state index in [1.165, 1.54) is 0 Å². The highest BCUT2D eigenvalue weighted by Crippen LogP contribution is 2.19. The molecular formula is C16H18N4O2. The van der Waals surface area contributed by atoms with Crippen LogP contribution < -0.4 is 5.32 Å². The average Bonchev–Trinajstić information content (AvgIpc) is 3.24. The molecule has 3 aromatic rings. The highest BCUT2D eigenvalue weighted by atomic mass is 16.5. The van der Waals surface area contributed by atoms with E-state index in [1.807, 2.05) is 41.1 Å². The van der Waals surface area contributed by atoms with Crippen molar-refractivity contribution in [2.45, 2.75) is 13.0 Å². The second-order valence-electron chi connectivity index (χ2n) is 4.85. The summed E-state index contributed by atoms with van der Waals surface area (Å²) in [6, 6.07) is 11.2. The number of aryl methyl sites for hydroxylation is 1. The van der Waals surface area contributed by atoms with Crippen molar-refractivity contribution in [1.82, 2.24) is 20.0 Å². The third kappa shape index (κ3) is 3.41. The van der Waals surface area contributed by atoms with Crippen LogP contribution >= 0.6 is 0 Å². The van der Waals surface area contributed by atoms with E-state index in [-0.39, 0.29) is 7.33 Å². The Labute approximate surface area is 129 Å². The second kappa shape index (κ2) is 6.71. The summed E-state index contributed by atoms with van der Waals surface area (Å²) in [5.74, 6) is 0.362.